The van der Waals surface area contributed by atoms with E-state index in [1.54, 1.807) is 0 Å². The first-order valence-electron chi connectivity index (χ1n) is 17.5. The van der Waals surface area contributed by atoms with Crippen molar-refractivity contribution in [3.05, 3.63) is 0 Å². The second-order valence-electron chi connectivity index (χ2n) is 14.0. The van der Waals surface area contributed by atoms with Crippen molar-refractivity contribution in [3.8, 4) is 0 Å². The largest absolute Gasteiger partial charge is 1.00 e. The van der Waals surface area contributed by atoms with Gasteiger partial charge >= 0.3 is 148 Å². The average Bonchev–Trinajstić information content (AvgIpc) is 3.18. The van der Waals surface area contributed by atoms with Crippen LogP contribution in [0, 0.1) is 0 Å². The minimum absolute atomic E-state index is 0. The minimum atomic E-state index is -2.72. The van der Waals surface area contributed by atoms with Gasteiger partial charge in [-0.15, -0.1) is 0 Å². The number of hydrogen-bond donors (Lipinski definition) is 12. The van der Waals surface area contributed by atoms with Gasteiger partial charge in [0.25, 0.3) is 0 Å². The summed E-state index contributed by atoms with van der Waals surface area (Å²) in [6.07, 6.45) is -62.0. The van der Waals surface area contributed by atoms with Gasteiger partial charge in [-0.1, -0.05) is 0 Å². The maximum atomic E-state index is 12.2. The molecule has 0 aromatic carbocycles. The van der Waals surface area contributed by atoms with Crippen LogP contribution < -0.4 is 173 Å². The predicted molar refractivity (Wildman–Crippen MR) is 156 cm³/mol. The number of carbonyl (C=O) groups is 5. The zero-order chi connectivity index (χ0) is 45.7. The topological polar surface area (TPSA) is 526 Å². The number of rotatable bonds is 13. The Labute approximate surface area is 479 Å². The molecular weight excluding hydrogens is 971 g/mol. The third-order valence-corrected chi connectivity index (χ3v) is 10.1. The molecule has 0 aromatic rings. The van der Waals surface area contributed by atoms with Crippen molar-refractivity contribution in [3.63, 3.8) is 0 Å². The van der Waals surface area contributed by atoms with Gasteiger partial charge in [0.05, 0.1) is 29.8 Å². The summed E-state index contributed by atoms with van der Waals surface area (Å²) in [5.74, 6) is -11.3. The Morgan fingerprint density at radius 1 is 0.288 bits per heavy atom. The molecule has 31 nitrogen and oxygen atoms in total. The van der Waals surface area contributed by atoms with E-state index in [1.165, 1.54) is 0 Å². The third kappa shape index (κ3) is 14.4. The van der Waals surface area contributed by atoms with Gasteiger partial charge in [-0.05, 0) is 0 Å². The van der Waals surface area contributed by atoms with E-state index in [-0.39, 0.29) is 148 Å². The van der Waals surface area contributed by atoms with Gasteiger partial charge in [0.15, 0.2) is 31.5 Å². The van der Waals surface area contributed by atoms with Gasteiger partial charge in [-0.2, -0.15) is 0 Å². The molecule has 348 valence electrons. The van der Waals surface area contributed by atoms with Crippen molar-refractivity contribution < 1.29 is 301 Å². The van der Waals surface area contributed by atoms with Gasteiger partial charge in [0, 0.05) is 0 Å². The molecular formula is C30H37Na5O31. The number of carbonyl (C=O) groups excluding carboxylic acids is 5. The molecule has 5 aliphatic rings. The van der Waals surface area contributed by atoms with Gasteiger partial charge in [-0.25, -0.2) is 0 Å². The molecule has 0 amide bonds. The summed E-state index contributed by atoms with van der Waals surface area (Å²) in [6, 6.07) is 0. The maximum Gasteiger partial charge on any atom is 1.00 e. The van der Waals surface area contributed by atoms with E-state index in [2.05, 4.69) is 4.74 Å². The molecule has 10 unspecified atom stereocenters. The van der Waals surface area contributed by atoms with E-state index in [0.29, 0.717) is 0 Å². The van der Waals surface area contributed by atoms with Crippen molar-refractivity contribution in [2.75, 3.05) is 0 Å². The zero-order valence-electron chi connectivity index (χ0n) is 35.1. The van der Waals surface area contributed by atoms with E-state index in [0.717, 1.165) is 0 Å². The molecule has 5 aliphatic heterocycles. The fraction of sp³-hybridized carbons (Fsp3) is 0.833. The van der Waals surface area contributed by atoms with Crippen LogP contribution >= 0.6 is 0 Å². The molecule has 5 fully saturated rings. The smallest absolute Gasteiger partial charge is 0.547 e. The van der Waals surface area contributed by atoms with Crippen LogP contribution in [0.1, 0.15) is 0 Å². The quantitative estimate of drug-likeness (QED) is 0.0762. The number of ether oxygens (including phenoxy) is 9. The van der Waals surface area contributed by atoms with Gasteiger partial charge < -0.3 is 153 Å². The van der Waals surface area contributed by atoms with Gasteiger partial charge in [0.1, 0.15) is 122 Å². The Hall–Kier alpha value is 1.51. The Morgan fingerprint density at radius 3 is 0.758 bits per heavy atom. The molecule has 36 heteroatoms. The molecule has 0 aromatic heterocycles. The first kappa shape index (κ1) is 67.5. The number of aliphatic hydroxyl groups excluding tert-OH is 12. The number of hydrogen-bond acceptors (Lipinski definition) is 31. The number of carboxylic acid groups (broad SMARTS) is 5. The van der Waals surface area contributed by atoms with Crippen LogP contribution in [0.2, 0.25) is 0 Å². The zero-order valence-corrected chi connectivity index (χ0v) is 45.1. The van der Waals surface area contributed by atoms with Crippen LogP contribution in [0.15, 0.2) is 0 Å². The van der Waals surface area contributed by atoms with Gasteiger partial charge in [0.2, 0.25) is 0 Å². The summed E-state index contributed by atoms with van der Waals surface area (Å²) in [5.41, 5.74) is 0. The van der Waals surface area contributed by atoms with Crippen LogP contribution in [0.25, 0.3) is 0 Å². The van der Waals surface area contributed by atoms with Crippen molar-refractivity contribution in [2.24, 2.45) is 0 Å². The SMILES string of the molecule is O=C([O-])C1O[C@@H](O[C@H]2C(C(=O)[O-])O[C@@H](O[C@H]3C(C(=O)[O-])O[C@@H](O[C@H]4C(C(=O)[O-])O[C@@H](O[C@H]5C(C(=O)[O-])O[C@@H](O)C(O)[C@H]5O)C(O)[C@H]4O)C(O)[C@H]3O)C(O)[C@H]2O)C(O)[C@@H](O)[C@H]1O.[Na+].[Na+].[Na+].[Na+].[Na+]. The van der Waals surface area contributed by atoms with E-state index in [9.17, 15) is 111 Å². The Balaban J connectivity index is 0.00000845. The molecule has 0 aliphatic carbocycles. The molecule has 0 bridgehead atoms. The minimum Gasteiger partial charge on any atom is -0.547 e. The fourth-order valence-electron chi connectivity index (χ4n) is 6.84. The summed E-state index contributed by atoms with van der Waals surface area (Å²) < 4.78 is 45.1. The monoisotopic (exact) mass is 1010 g/mol. The molecule has 12 N–H and O–H groups in total. The Bertz CT molecular complexity index is 1620. The van der Waals surface area contributed by atoms with Crippen LogP contribution in [-0.4, -0.2) is 245 Å². The standard InChI is InChI=1S/C30H42O31.5Na/c31-1-2(32)16(21(42)43)58-27(8(1)38)55-13-4(34)10(40)29(60-18(13)23(46)47)57-15-6(36)11(41)30(61-20(15)25(50)51)56-14-5(35)9(39)28(59-19(14)24(48)49)54-12-3(33)7(37)26(52)53-17(12)22(44)45;;;;;/h1-20,26-41,52H,(H,42,43)(H,44,45)(H,46,47)(H,48,49)(H,50,51);;;;;/q;5*+1/p-5/t1-,2+,3+,4+,5+,6+,7?,8?,9?,10?,11?,12+,13+,14+,15+,16?,17?,18?,19?,20?,26+,27+,28+,29+,30+;;;;;/m0...../s1. The normalized spacial score (nSPS) is 45.7. The van der Waals surface area contributed by atoms with Crippen molar-refractivity contribution in [2.45, 2.75) is 154 Å². The number of aliphatic carboxylic acids is 5. The van der Waals surface area contributed by atoms with Gasteiger partial charge in [-0.3, -0.25) is 0 Å². The van der Waals surface area contributed by atoms with Crippen molar-refractivity contribution in [1.29, 1.82) is 0 Å². The van der Waals surface area contributed by atoms with Crippen LogP contribution in [-0.2, 0) is 66.6 Å². The predicted octanol–water partition coefficient (Wildman–Crippen LogP) is -33.1. The number of aliphatic hydroxyl groups is 12. The van der Waals surface area contributed by atoms with E-state index in [4.69, 9.17) is 37.9 Å². The molecule has 5 heterocycles. The summed E-state index contributed by atoms with van der Waals surface area (Å²) in [7, 11) is 0. The summed E-state index contributed by atoms with van der Waals surface area (Å²) in [4.78, 5) is 59.2. The molecule has 5 saturated heterocycles. The van der Waals surface area contributed by atoms with E-state index >= 15 is 0 Å². The van der Waals surface area contributed by atoms with Crippen LogP contribution in [0.4, 0.5) is 0 Å². The Kier molecular flexibility index (Phi) is 28.9. The molecule has 5 rings (SSSR count). The third-order valence-electron chi connectivity index (χ3n) is 10.1. The summed E-state index contributed by atoms with van der Waals surface area (Å²) >= 11 is 0. The van der Waals surface area contributed by atoms with E-state index in [1.807, 2.05) is 0 Å². The fourth-order valence-corrected chi connectivity index (χ4v) is 6.84. The second kappa shape index (κ2) is 28.3. The maximum absolute atomic E-state index is 12.2. The van der Waals surface area contributed by atoms with Crippen molar-refractivity contribution >= 4 is 29.8 Å². The molecule has 0 saturated carbocycles. The summed E-state index contributed by atoms with van der Waals surface area (Å²) in [5, 5.41) is 184. The Morgan fingerprint density at radius 2 is 0.500 bits per heavy atom. The second-order valence-corrected chi connectivity index (χ2v) is 14.0. The molecule has 25 atom stereocenters. The van der Waals surface area contributed by atoms with Crippen LogP contribution in [0.3, 0.4) is 0 Å². The van der Waals surface area contributed by atoms with E-state index < -0.39 is 183 Å². The summed E-state index contributed by atoms with van der Waals surface area (Å²) in [6.45, 7) is 0. The first-order chi connectivity index (χ1) is 28.4. The van der Waals surface area contributed by atoms with Crippen molar-refractivity contribution in [1.82, 2.24) is 0 Å². The average molecular weight is 1010 g/mol. The first-order valence-corrected chi connectivity index (χ1v) is 17.5. The molecule has 66 heavy (non-hydrogen) atoms. The van der Waals surface area contributed by atoms with Crippen LogP contribution in [0.5, 0.6) is 0 Å². The molecule has 0 radical (unpaired) electrons. The molecule has 0 spiro atoms. The number of carboxylic acids is 5.